The van der Waals surface area contributed by atoms with Crippen LogP contribution in [0.3, 0.4) is 0 Å². The van der Waals surface area contributed by atoms with E-state index in [0.29, 0.717) is 0 Å². The molecule has 0 heterocycles. The van der Waals surface area contributed by atoms with Crippen molar-refractivity contribution in [2.45, 2.75) is 47.0 Å². The summed E-state index contributed by atoms with van der Waals surface area (Å²) in [5.41, 5.74) is 3.87. The summed E-state index contributed by atoms with van der Waals surface area (Å²) in [6.45, 7) is 8.87. The first-order valence-corrected chi connectivity index (χ1v) is 6.88. The molecular weight excluding hydrogens is 220 g/mol. The normalized spacial score (nSPS) is 13.5. The van der Waals surface area contributed by atoms with Crippen molar-refractivity contribution in [2.24, 2.45) is 5.92 Å². The summed E-state index contributed by atoms with van der Waals surface area (Å²) >= 11 is 0. The summed E-state index contributed by atoms with van der Waals surface area (Å²) in [6, 6.07) is 6.39. The Morgan fingerprint density at radius 3 is 2.72 bits per heavy atom. The predicted octanol–water partition coefficient (Wildman–Crippen LogP) is 5.23. The number of allylic oxidation sites excluding steroid dienone is 1. The summed E-state index contributed by atoms with van der Waals surface area (Å²) in [5, 5.41) is 0. The van der Waals surface area contributed by atoms with Crippen LogP contribution in [0, 0.1) is 12.8 Å². The largest absolute Gasteiger partial charge is 0.496 e. The highest BCUT2D eigenvalue weighted by molar-refractivity contribution is 5.56. The second-order valence-corrected chi connectivity index (χ2v) is 5.27. The Hall–Kier alpha value is -1.24. The van der Waals surface area contributed by atoms with E-state index in [1.54, 1.807) is 7.11 Å². The van der Waals surface area contributed by atoms with Gasteiger partial charge in [-0.05, 0) is 49.8 Å². The first kappa shape index (κ1) is 14.8. The fraction of sp³-hybridized carbons (Fsp3) is 0.529. The molecule has 0 fully saturated rings. The van der Waals surface area contributed by atoms with Crippen LogP contribution >= 0.6 is 0 Å². The van der Waals surface area contributed by atoms with Gasteiger partial charge in [0.15, 0.2) is 0 Å². The number of hydrogen-bond donors (Lipinski definition) is 0. The Morgan fingerprint density at radius 2 is 2.11 bits per heavy atom. The lowest BCUT2D eigenvalue weighted by molar-refractivity contribution is 0.411. The van der Waals surface area contributed by atoms with Crippen LogP contribution in [0.5, 0.6) is 5.75 Å². The maximum absolute atomic E-state index is 5.35. The monoisotopic (exact) mass is 246 g/mol. The average molecular weight is 246 g/mol. The van der Waals surface area contributed by atoms with E-state index in [2.05, 4.69) is 52.0 Å². The molecule has 18 heavy (non-hydrogen) atoms. The fourth-order valence-corrected chi connectivity index (χ4v) is 1.96. The lowest BCUT2D eigenvalue weighted by Crippen LogP contribution is -1.92. The summed E-state index contributed by atoms with van der Waals surface area (Å²) in [5.74, 6) is 1.79. The number of ether oxygens (including phenoxy) is 1. The molecule has 0 bridgehead atoms. The third kappa shape index (κ3) is 4.56. The molecule has 1 atom stereocenters. The average Bonchev–Trinajstić information content (AvgIpc) is 2.38. The lowest BCUT2D eigenvalue weighted by Gasteiger charge is -2.09. The summed E-state index contributed by atoms with van der Waals surface area (Å²) in [4.78, 5) is 0. The van der Waals surface area contributed by atoms with Gasteiger partial charge in [-0.2, -0.15) is 0 Å². The Balaban J connectivity index is 2.70. The van der Waals surface area contributed by atoms with Gasteiger partial charge in [-0.3, -0.25) is 0 Å². The lowest BCUT2D eigenvalue weighted by atomic mass is 9.98. The van der Waals surface area contributed by atoms with E-state index in [1.807, 2.05) is 0 Å². The van der Waals surface area contributed by atoms with Crippen molar-refractivity contribution in [2.75, 3.05) is 7.11 Å². The minimum absolute atomic E-state index is 0.820. The van der Waals surface area contributed by atoms with E-state index in [1.165, 1.54) is 36.0 Å². The molecular formula is C17H26O. The third-order valence-electron chi connectivity index (χ3n) is 3.57. The van der Waals surface area contributed by atoms with Crippen molar-refractivity contribution in [3.63, 3.8) is 0 Å². The van der Waals surface area contributed by atoms with Crippen LogP contribution in [0.2, 0.25) is 0 Å². The van der Waals surface area contributed by atoms with Crippen LogP contribution in [-0.4, -0.2) is 7.11 Å². The molecule has 0 radical (unpaired) electrons. The summed E-state index contributed by atoms with van der Waals surface area (Å²) in [6.07, 6.45) is 6.00. The molecule has 100 valence electrons. The molecule has 0 aromatic heterocycles. The van der Waals surface area contributed by atoms with Gasteiger partial charge >= 0.3 is 0 Å². The molecule has 1 rings (SSSR count). The molecule has 1 heteroatoms. The first-order valence-electron chi connectivity index (χ1n) is 6.88. The third-order valence-corrected chi connectivity index (χ3v) is 3.57. The zero-order chi connectivity index (χ0) is 13.5. The summed E-state index contributed by atoms with van der Waals surface area (Å²) in [7, 11) is 1.73. The van der Waals surface area contributed by atoms with Crippen LogP contribution in [0.1, 0.15) is 51.2 Å². The van der Waals surface area contributed by atoms with E-state index >= 15 is 0 Å². The van der Waals surface area contributed by atoms with Gasteiger partial charge in [-0.15, -0.1) is 0 Å². The van der Waals surface area contributed by atoms with Crippen LogP contribution in [0.15, 0.2) is 23.8 Å². The second-order valence-electron chi connectivity index (χ2n) is 5.27. The Labute approximate surface area is 112 Å². The van der Waals surface area contributed by atoms with Crippen molar-refractivity contribution < 1.29 is 4.74 Å². The van der Waals surface area contributed by atoms with E-state index in [0.717, 1.165) is 11.7 Å². The molecule has 1 unspecified atom stereocenters. The van der Waals surface area contributed by atoms with Gasteiger partial charge in [0.25, 0.3) is 0 Å². The van der Waals surface area contributed by atoms with Gasteiger partial charge in [0.1, 0.15) is 5.75 Å². The molecule has 0 saturated carbocycles. The first-order chi connectivity index (χ1) is 8.56. The molecule has 1 aromatic rings. The molecule has 0 amide bonds. The van der Waals surface area contributed by atoms with Crippen molar-refractivity contribution in [1.82, 2.24) is 0 Å². The molecule has 0 spiro atoms. The molecule has 0 saturated heterocycles. The van der Waals surface area contributed by atoms with Crippen molar-refractivity contribution >= 4 is 6.08 Å². The number of hydrogen-bond acceptors (Lipinski definition) is 1. The molecule has 0 aliphatic carbocycles. The number of benzene rings is 1. The minimum Gasteiger partial charge on any atom is -0.496 e. The van der Waals surface area contributed by atoms with Crippen LogP contribution in [0.4, 0.5) is 0 Å². The van der Waals surface area contributed by atoms with Gasteiger partial charge in [-0.25, -0.2) is 0 Å². The Morgan fingerprint density at radius 1 is 1.39 bits per heavy atom. The van der Waals surface area contributed by atoms with Crippen LogP contribution in [-0.2, 0) is 0 Å². The zero-order valence-corrected chi connectivity index (χ0v) is 12.4. The topological polar surface area (TPSA) is 9.23 Å². The Kier molecular flexibility index (Phi) is 5.97. The quantitative estimate of drug-likeness (QED) is 0.667. The zero-order valence-electron chi connectivity index (χ0n) is 12.4. The molecule has 0 aliphatic rings. The maximum atomic E-state index is 5.35. The van der Waals surface area contributed by atoms with Crippen molar-refractivity contribution in [3.05, 3.63) is 34.9 Å². The van der Waals surface area contributed by atoms with Gasteiger partial charge in [0.2, 0.25) is 0 Å². The van der Waals surface area contributed by atoms with E-state index in [-0.39, 0.29) is 0 Å². The summed E-state index contributed by atoms with van der Waals surface area (Å²) < 4.78 is 5.35. The Bertz CT molecular complexity index is 404. The second kappa shape index (κ2) is 7.25. The highest BCUT2D eigenvalue weighted by atomic mass is 16.5. The molecule has 0 N–H and O–H groups in total. The van der Waals surface area contributed by atoms with E-state index < -0.39 is 0 Å². The van der Waals surface area contributed by atoms with Crippen molar-refractivity contribution in [3.8, 4) is 5.75 Å². The standard InChI is InChI=1S/C17H26O/c1-6-13(2)7-8-14(3)11-16-10-9-15(4)17(12-16)18-5/h9-13H,6-8H2,1-5H3/b14-11-. The maximum Gasteiger partial charge on any atom is 0.122 e. The highest BCUT2D eigenvalue weighted by Gasteiger charge is 2.01. The molecule has 1 nitrogen and oxygen atoms in total. The molecule has 0 aliphatic heterocycles. The van der Waals surface area contributed by atoms with Crippen LogP contribution < -0.4 is 4.74 Å². The van der Waals surface area contributed by atoms with Gasteiger partial charge in [0.05, 0.1) is 7.11 Å². The molecule has 1 aromatic carbocycles. The number of rotatable bonds is 6. The van der Waals surface area contributed by atoms with Crippen LogP contribution in [0.25, 0.3) is 6.08 Å². The smallest absolute Gasteiger partial charge is 0.122 e. The van der Waals surface area contributed by atoms with Crippen molar-refractivity contribution in [1.29, 1.82) is 0 Å². The van der Waals surface area contributed by atoms with E-state index in [4.69, 9.17) is 4.74 Å². The predicted molar refractivity (Wildman–Crippen MR) is 80.1 cm³/mol. The van der Waals surface area contributed by atoms with E-state index in [9.17, 15) is 0 Å². The SMILES string of the molecule is CCC(C)CC/C(C)=C\c1ccc(C)c(OC)c1. The minimum atomic E-state index is 0.820. The van der Waals surface area contributed by atoms with Gasteiger partial charge < -0.3 is 4.74 Å². The van der Waals surface area contributed by atoms with Gasteiger partial charge in [-0.1, -0.05) is 44.1 Å². The van der Waals surface area contributed by atoms with Gasteiger partial charge in [0, 0.05) is 0 Å². The fourth-order valence-electron chi connectivity index (χ4n) is 1.96. The highest BCUT2D eigenvalue weighted by Crippen LogP contribution is 2.22. The number of methoxy groups -OCH3 is 1. The number of aryl methyl sites for hydroxylation is 1.